The van der Waals surface area contributed by atoms with E-state index < -0.39 is 35.9 Å². The summed E-state index contributed by atoms with van der Waals surface area (Å²) in [5, 5.41) is 2.79. The molecule has 0 saturated carbocycles. The van der Waals surface area contributed by atoms with Crippen LogP contribution in [0.25, 0.3) is 0 Å². The van der Waals surface area contributed by atoms with Crippen LogP contribution in [0.1, 0.15) is 5.76 Å². The highest BCUT2D eigenvalue weighted by atomic mass is 32.2. The van der Waals surface area contributed by atoms with Crippen molar-refractivity contribution in [2.75, 3.05) is 25.2 Å². The number of rotatable bonds is 5. The maximum absolute atomic E-state index is 12.9. The molecule has 0 saturated heterocycles. The molecule has 2 aliphatic heterocycles. The summed E-state index contributed by atoms with van der Waals surface area (Å²) in [6.45, 7) is 0. The van der Waals surface area contributed by atoms with Crippen LogP contribution < -0.4 is 10.1 Å². The smallest absolute Gasteiger partial charge is 0.459 e. The van der Waals surface area contributed by atoms with Crippen molar-refractivity contribution in [1.29, 1.82) is 0 Å². The second-order valence-electron chi connectivity index (χ2n) is 7.30. The Morgan fingerprint density at radius 1 is 1.23 bits per heavy atom. The van der Waals surface area contributed by atoms with Crippen LogP contribution in [0.3, 0.4) is 0 Å². The maximum atomic E-state index is 12.9. The number of halogens is 3. The fourth-order valence-corrected chi connectivity index (χ4v) is 4.16. The van der Waals surface area contributed by atoms with E-state index in [1.54, 1.807) is 12.1 Å². The molecular weight excluding hydrogens is 491 g/mol. The maximum Gasteiger partial charge on any atom is 0.573 e. The van der Waals surface area contributed by atoms with Gasteiger partial charge in [0.25, 0.3) is 11.7 Å². The normalized spacial score (nSPS) is 18.2. The van der Waals surface area contributed by atoms with Crippen molar-refractivity contribution in [3.63, 3.8) is 0 Å². The number of thioether (sulfide) groups is 1. The minimum Gasteiger partial charge on any atom is -0.459 e. The van der Waals surface area contributed by atoms with E-state index >= 15 is 0 Å². The number of amidine groups is 2. The number of benzene rings is 1. The van der Waals surface area contributed by atoms with Crippen molar-refractivity contribution in [2.45, 2.75) is 6.36 Å². The van der Waals surface area contributed by atoms with Crippen molar-refractivity contribution in [2.24, 2.45) is 15.9 Å². The SMILES string of the molecule is CN1C(=O)C2C(SCC(=O)Nc3ccc(OC(F)(F)F)cc3)=NC(c3ccco3)=NC2=[N+](C)C1=O. The van der Waals surface area contributed by atoms with Crippen LogP contribution in [0, 0.1) is 5.92 Å². The quantitative estimate of drug-likeness (QED) is 0.621. The summed E-state index contributed by atoms with van der Waals surface area (Å²) in [7, 11) is 2.81. The van der Waals surface area contributed by atoms with Crippen molar-refractivity contribution in [1.82, 2.24) is 4.90 Å². The summed E-state index contributed by atoms with van der Waals surface area (Å²) >= 11 is 0.967. The van der Waals surface area contributed by atoms with Gasteiger partial charge in [0.15, 0.2) is 11.7 Å². The van der Waals surface area contributed by atoms with Gasteiger partial charge >= 0.3 is 18.3 Å². The highest BCUT2D eigenvalue weighted by Gasteiger charge is 2.49. The average molecular weight is 508 g/mol. The highest BCUT2D eigenvalue weighted by molar-refractivity contribution is 8.14. The number of hydrogen-bond donors (Lipinski definition) is 1. The van der Waals surface area contributed by atoms with Crippen LogP contribution in [-0.2, 0) is 9.59 Å². The van der Waals surface area contributed by atoms with Gasteiger partial charge in [-0.1, -0.05) is 16.8 Å². The average Bonchev–Trinajstić information content (AvgIpc) is 3.35. The van der Waals surface area contributed by atoms with Crippen LogP contribution >= 0.6 is 11.8 Å². The monoisotopic (exact) mass is 508 g/mol. The number of ether oxygens (including phenoxy) is 1. The summed E-state index contributed by atoms with van der Waals surface area (Å²) in [5.74, 6) is -2.02. The second kappa shape index (κ2) is 9.37. The summed E-state index contributed by atoms with van der Waals surface area (Å²) in [6.07, 6.45) is -3.40. The number of carbonyl (C=O) groups is 3. The van der Waals surface area contributed by atoms with E-state index in [0.29, 0.717) is 5.76 Å². The van der Waals surface area contributed by atoms with Gasteiger partial charge in [0.1, 0.15) is 10.8 Å². The first-order valence-corrected chi connectivity index (χ1v) is 10.9. The molecule has 10 nitrogen and oxygen atoms in total. The van der Waals surface area contributed by atoms with E-state index in [4.69, 9.17) is 4.42 Å². The van der Waals surface area contributed by atoms with Crippen LogP contribution in [0.15, 0.2) is 57.1 Å². The first-order chi connectivity index (χ1) is 16.5. The van der Waals surface area contributed by atoms with Crippen LogP contribution in [-0.4, -0.2) is 70.2 Å². The third-order valence-corrected chi connectivity index (χ3v) is 5.93. The summed E-state index contributed by atoms with van der Waals surface area (Å²) in [5.41, 5.74) is 0.250. The lowest BCUT2D eigenvalue weighted by atomic mass is 10.0. The molecule has 35 heavy (non-hydrogen) atoms. The molecule has 1 N–H and O–H groups in total. The Kier molecular flexibility index (Phi) is 6.47. The lowest BCUT2D eigenvalue weighted by molar-refractivity contribution is -0.407. The second-order valence-corrected chi connectivity index (χ2v) is 8.30. The van der Waals surface area contributed by atoms with E-state index in [-0.39, 0.29) is 28.2 Å². The predicted molar refractivity (Wildman–Crippen MR) is 120 cm³/mol. The summed E-state index contributed by atoms with van der Waals surface area (Å²) in [6, 6.07) is 7.33. The van der Waals surface area contributed by atoms with Crippen molar-refractivity contribution in [3.05, 3.63) is 48.4 Å². The Bertz CT molecular complexity index is 1270. The standard InChI is InChI=1S/C21H16F3N5O5S/c1-28-17-15(19(31)29(2)20(28)32)18(27-16(26-17)13-4-3-9-33-13)35-10-14(30)25-11-5-7-12(8-6-11)34-21(22,23)24/h3-9,15H,10H2,1-2H3/p+1. The molecule has 14 heteroatoms. The van der Waals surface area contributed by atoms with E-state index in [9.17, 15) is 27.6 Å². The molecule has 4 amide bonds. The zero-order valence-corrected chi connectivity index (χ0v) is 19.0. The Hall–Kier alpha value is -3.94. The van der Waals surface area contributed by atoms with Gasteiger partial charge in [-0.05, 0) is 36.4 Å². The number of carbonyl (C=O) groups excluding carboxylic acids is 3. The van der Waals surface area contributed by atoms with Gasteiger partial charge in [0.05, 0.1) is 26.1 Å². The largest absolute Gasteiger partial charge is 0.573 e. The molecule has 1 atom stereocenters. The number of hydrogen-bond acceptors (Lipinski definition) is 8. The molecule has 4 rings (SSSR count). The molecule has 0 fully saturated rings. The Morgan fingerprint density at radius 2 is 1.94 bits per heavy atom. The van der Waals surface area contributed by atoms with E-state index in [2.05, 4.69) is 20.0 Å². The number of fused-ring (bicyclic) bond motifs is 1. The Balaban J connectivity index is 1.51. The Labute approximate surface area is 200 Å². The summed E-state index contributed by atoms with van der Waals surface area (Å²) < 4.78 is 47.2. The van der Waals surface area contributed by atoms with Crippen LogP contribution in [0.2, 0.25) is 0 Å². The molecule has 0 aliphatic carbocycles. The lowest BCUT2D eigenvalue weighted by Crippen LogP contribution is -2.54. The Morgan fingerprint density at radius 3 is 2.57 bits per heavy atom. The molecule has 0 spiro atoms. The molecule has 2 aromatic rings. The van der Waals surface area contributed by atoms with E-state index in [0.717, 1.165) is 28.8 Å². The van der Waals surface area contributed by atoms with Gasteiger partial charge in [0.2, 0.25) is 5.91 Å². The number of furan rings is 1. The highest BCUT2D eigenvalue weighted by Crippen LogP contribution is 2.27. The zero-order chi connectivity index (χ0) is 25.3. The minimum atomic E-state index is -4.82. The first-order valence-electron chi connectivity index (χ1n) is 9.95. The molecule has 182 valence electrons. The fourth-order valence-electron chi connectivity index (χ4n) is 3.28. The van der Waals surface area contributed by atoms with Crippen molar-refractivity contribution < 1.29 is 41.3 Å². The zero-order valence-electron chi connectivity index (χ0n) is 18.2. The van der Waals surface area contributed by atoms with E-state index in [1.807, 2.05) is 0 Å². The van der Waals surface area contributed by atoms with Crippen LogP contribution in [0.5, 0.6) is 5.75 Å². The van der Waals surface area contributed by atoms with Gasteiger partial charge in [-0.2, -0.15) is 9.48 Å². The van der Waals surface area contributed by atoms with Crippen molar-refractivity contribution >= 4 is 52.0 Å². The molecule has 2 aliphatic rings. The number of urea groups is 1. The van der Waals surface area contributed by atoms with Gasteiger partial charge in [-0.15, -0.1) is 13.2 Å². The third kappa shape index (κ3) is 5.26. The van der Waals surface area contributed by atoms with Crippen LogP contribution in [0.4, 0.5) is 23.7 Å². The molecule has 3 heterocycles. The number of amides is 4. The molecule has 0 bridgehead atoms. The van der Waals surface area contributed by atoms with Crippen molar-refractivity contribution in [3.8, 4) is 5.75 Å². The number of nitrogens with zero attached hydrogens (tertiary/aromatic N) is 4. The van der Waals surface area contributed by atoms with Gasteiger partial charge < -0.3 is 14.5 Å². The number of anilines is 1. The number of alkyl halides is 3. The van der Waals surface area contributed by atoms with Gasteiger partial charge in [0, 0.05) is 5.69 Å². The molecule has 1 unspecified atom stereocenters. The molecular formula is C21H17F3N5O5S+. The number of imide groups is 1. The fraction of sp³-hybridized carbons (Fsp3) is 0.238. The number of nitrogens with one attached hydrogen (secondary N) is 1. The molecule has 1 aromatic heterocycles. The van der Waals surface area contributed by atoms with Gasteiger partial charge in [-0.3, -0.25) is 9.59 Å². The van der Waals surface area contributed by atoms with E-state index in [1.165, 1.54) is 37.1 Å². The first kappa shape index (κ1) is 24.2. The molecule has 1 aromatic carbocycles. The predicted octanol–water partition coefficient (Wildman–Crippen LogP) is 2.96. The van der Waals surface area contributed by atoms with Gasteiger partial charge in [-0.25, -0.2) is 9.79 Å². The third-order valence-electron chi connectivity index (χ3n) is 4.90. The molecule has 0 radical (unpaired) electrons. The number of aliphatic imine (C=N–C) groups is 2. The lowest BCUT2D eigenvalue weighted by Gasteiger charge is -2.26. The topological polar surface area (TPSA) is 117 Å². The minimum absolute atomic E-state index is 0.140. The summed E-state index contributed by atoms with van der Waals surface area (Å²) in [4.78, 5) is 47.4.